The van der Waals surface area contributed by atoms with Gasteiger partial charge in [0.15, 0.2) is 0 Å². The minimum Gasteiger partial charge on any atom is -0.355 e. The summed E-state index contributed by atoms with van der Waals surface area (Å²) in [7, 11) is 0. The van der Waals surface area contributed by atoms with E-state index in [0.29, 0.717) is 25.4 Å². The molecule has 1 unspecified atom stereocenters. The molecule has 1 aliphatic rings. The Hall–Kier alpha value is -2.20. The predicted octanol–water partition coefficient (Wildman–Crippen LogP) is 3.32. The summed E-state index contributed by atoms with van der Waals surface area (Å²) in [5.74, 6) is -0.231. The quantitative estimate of drug-likeness (QED) is 0.875. The standard InChI is InChI=1S/C21H25FN2O/c1-16(24-12-11-18-6-2-3-7-19(18)15-24)14-23-21(25)10-9-17-5-4-8-20(22)13-17/h2-8,13,16H,9-12,14-15H2,1H3,(H,23,25). The number of nitrogens with zero attached hydrogens (tertiary/aromatic N) is 1. The van der Waals surface area contributed by atoms with Crippen molar-refractivity contribution in [2.45, 2.75) is 38.8 Å². The van der Waals surface area contributed by atoms with Gasteiger partial charge in [-0.05, 0) is 48.6 Å². The lowest BCUT2D eigenvalue weighted by atomic mass is 9.99. The highest BCUT2D eigenvalue weighted by molar-refractivity contribution is 5.76. The third kappa shape index (κ3) is 4.89. The third-order valence-electron chi connectivity index (χ3n) is 4.91. The minimum absolute atomic E-state index is 0.0218. The van der Waals surface area contributed by atoms with E-state index in [0.717, 1.165) is 25.1 Å². The number of hydrogen-bond acceptors (Lipinski definition) is 2. The van der Waals surface area contributed by atoms with Gasteiger partial charge in [-0.1, -0.05) is 36.4 Å². The zero-order valence-corrected chi connectivity index (χ0v) is 14.7. The van der Waals surface area contributed by atoms with Crippen LogP contribution in [-0.2, 0) is 24.2 Å². The first-order valence-electron chi connectivity index (χ1n) is 8.94. The van der Waals surface area contributed by atoms with E-state index in [2.05, 4.69) is 41.4 Å². The Bertz CT molecular complexity index is 731. The van der Waals surface area contributed by atoms with E-state index in [1.807, 2.05) is 6.07 Å². The van der Waals surface area contributed by atoms with Gasteiger partial charge in [0.05, 0.1) is 0 Å². The number of carbonyl (C=O) groups excluding carboxylic acids is 1. The summed E-state index contributed by atoms with van der Waals surface area (Å²) in [6, 6.07) is 15.3. The summed E-state index contributed by atoms with van der Waals surface area (Å²) in [6.07, 6.45) is 2.02. The second kappa shape index (κ2) is 8.26. The third-order valence-corrected chi connectivity index (χ3v) is 4.91. The fraction of sp³-hybridized carbons (Fsp3) is 0.381. The molecule has 0 radical (unpaired) electrons. The number of nitrogens with one attached hydrogen (secondary N) is 1. The van der Waals surface area contributed by atoms with Gasteiger partial charge in [0.25, 0.3) is 0 Å². The van der Waals surface area contributed by atoms with Gasteiger partial charge in [0.2, 0.25) is 5.91 Å². The molecular weight excluding hydrogens is 315 g/mol. The monoisotopic (exact) mass is 340 g/mol. The molecule has 0 aliphatic carbocycles. The van der Waals surface area contributed by atoms with E-state index in [4.69, 9.17) is 0 Å². The molecule has 1 aliphatic heterocycles. The summed E-state index contributed by atoms with van der Waals surface area (Å²) in [5, 5.41) is 3.01. The average Bonchev–Trinajstić information content (AvgIpc) is 2.64. The largest absolute Gasteiger partial charge is 0.355 e. The number of aryl methyl sites for hydroxylation is 1. The molecule has 1 heterocycles. The fourth-order valence-corrected chi connectivity index (χ4v) is 3.32. The highest BCUT2D eigenvalue weighted by Crippen LogP contribution is 2.19. The van der Waals surface area contributed by atoms with Crippen molar-refractivity contribution in [3.8, 4) is 0 Å². The second-order valence-corrected chi connectivity index (χ2v) is 6.77. The molecule has 3 rings (SSSR count). The minimum atomic E-state index is -0.253. The Morgan fingerprint density at radius 1 is 1.20 bits per heavy atom. The van der Waals surface area contributed by atoms with Crippen molar-refractivity contribution in [1.29, 1.82) is 0 Å². The Labute approximate surface area is 148 Å². The molecule has 1 amide bonds. The van der Waals surface area contributed by atoms with Gasteiger partial charge in [-0.15, -0.1) is 0 Å². The number of benzene rings is 2. The molecule has 0 spiro atoms. The molecule has 4 heteroatoms. The van der Waals surface area contributed by atoms with Crippen molar-refractivity contribution >= 4 is 5.91 Å². The van der Waals surface area contributed by atoms with Crippen LogP contribution in [0.15, 0.2) is 48.5 Å². The Kier molecular flexibility index (Phi) is 5.82. The summed E-state index contributed by atoms with van der Waals surface area (Å²) in [6.45, 7) is 4.76. The molecular formula is C21H25FN2O. The number of fused-ring (bicyclic) bond motifs is 1. The lowest BCUT2D eigenvalue weighted by Gasteiger charge is -2.33. The first kappa shape index (κ1) is 17.6. The van der Waals surface area contributed by atoms with E-state index in [-0.39, 0.29) is 11.7 Å². The van der Waals surface area contributed by atoms with Crippen LogP contribution in [0.25, 0.3) is 0 Å². The van der Waals surface area contributed by atoms with Crippen LogP contribution in [0.5, 0.6) is 0 Å². The van der Waals surface area contributed by atoms with Gasteiger partial charge >= 0.3 is 0 Å². The molecule has 0 fully saturated rings. The Morgan fingerprint density at radius 3 is 2.80 bits per heavy atom. The summed E-state index contributed by atoms with van der Waals surface area (Å²) in [4.78, 5) is 14.5. The molecule has 2 aromatic carbocycles. The van der Waals surface area contributed by atoms with Crippen LogP contribution in [0.3, 0.4) is 0 Å². The highest BCUT2D eigenvalue weighted by Gasteiger charge is 2.20. The number of amides is 1. The molecule has 0 saturated carbocycles. The van der Waals surface area contributed by atoms with E-state index in [1.165, 1.54) is 23.3 Å². The van der Waals surface area contributed by atoms with Crippen molar-refractivity contribution in [3.05, 3.63) is 71.0 Å². The Balaban J connectivity index is 1.43. The lowest BCUT2D eigenvalue weighted by molar-refractivity contribution is -0.121. The van der Waals surface area contributed by atoms with Crippen molar-refractivity contribution in [2.75, 3.05) is 13.1 Å². The Morgan fingerprint density at radius 2 is 2.00 bits per heavy atom. The van der Waals surface area contributed by atoms with Crippen molar-refractivity contribution in [1.82, 2.24) is 10.2 Å². The first-order valence-corrected chi connectivity index (χ1v) is 8.94. The molecule has 0 aromatic heterocycles. The van der Waals surface area contributed by atoms with Crippen molar-refractivity contribution < 1.29 is 9.18 Å². The average molecular weight is 340 g/mol. The SMILES string of the molecule is CC(CNC(=O)CCc1cccc(F)c1)N1CCc2ccccc2C1. The lowest BCUT2D eigenvalue weighted by Crippen LogP contribution is -2.44. The van der Waals surface area contributed by atoms with Crippen molar-refractivity contribution in [2.24, 2.45) is 0 Å². The van der Waals surface area contributed by atoms with E-state index in [9.17, 15) is 9.18 Å². The molecule has 25 heavy (non-hydrogen) atoms. The van der Waals surface area contributed by atoms with Crippen LogP contribution in [0.4, 0.5) is 4.39 Å². The van der Waals surface area contributed by atoms with Gasteiger partial charge in [-0.2, -0.15) is 0 Å². The summed E-state index contributed by atoms with van der Waals surface area (Å²) >= 11 is 0. The van der Waals surface area contributed by atoms with Crippen LogP contribution in [0.2, 0.25) is 0 Å². The maximum Gasteiger partial charge on any atom is 0.220 e. The topological polar surface area (TPSA) is 32.3 Å². The van der Waals surface area contributed by atoms with Gasteiger partial charge in [0, 0.05) is 32.1 Å². The van der Waals surface area contributed by atoms with Gasteiger partial charge in [0.1, 0.15) is 5.82 Å². The zero-order chi connectivity index (χ0) is 17.6. The van der Waals surface area contributed by atoms with Crippen LogP contribution in [-0.4, -0.2) is 29.9 Å². The molecule has 2 aromatic rings. The maximum atomic E-state index is 13.2. The van der Waals surface area contributed by atoms with Crippen LogP contribution in [0, 0.1) is 5.82 Å². The molecule has 132 valence electrons. The zero-order valence-electron chi connectivity index (χ0n) is 14.7. The smallest absolute Gasteiger partial charge is 0.220 e. The molecule has 0 saturated heterocycles. The molecule has 0 bridgehead atoms. The van der Waals surface area contributed by atoms with Crippen LogP contribution < -0.4 is 5.32 Å². The van der Waals surface area contributed by atoms with Gasteiger partial charge in [-0.3, -0.25) is 9.69 Å². The second-order valence-electron chi connectivity index (χ2n) is 6.77. The number of halogens is 1. The number of carbonyl (C=O) groups is 1. The molecule has 3 nitrogen and oxygen atoms in total. The van der Waals surface area contributed by atoms with E-state index >= 15 is 0 Å². The first-order chi connectivity index (χ1) is 12.1. The summed E-state index contributed by atoms with van der Waals surface area (Å²) < 4.78 is 13.2. The van der Waals surface area contributed by atoms with E-state index < -0.39 is 0 Å². The van der Waals surface area contributed by atoms with Crippen LogP contribution >= 0.6 is 0 Å². The highest BCUT2D eigenvalue weighted by atomic mass is 19.1. The van der Waals surface area contributed by atoms with Crippen LogP contribution in [0.1, 0.15) is 30.0 Å². The normalized spacial score (nSPS) is 15.4. The van der Waals surface area contributed by atoms with Gasteiger partial charge < -0.3 is 5.32 Å². The van der Waals surface area contributed by atoms with Gasteiger partial charge in [-0.25, -0.2) is 4.39 Å². The summed E-state index contributed by atoms with van der Waals surface area (Å²) in [5.41, 5.74) is 3.68. The maximum absolute atomic E-state index is 13.2. The molecule has 1 atom stereocenters. The molecule has 1 N–H and O–H groups in total. The van der Waals surface area contributed by atoms with E-state index in [1.54, 1.807) is 6.07 Å². The van der Waals surface area contributed by atoms with Crippen molar-refractivity contribution in [3.63, 3.8) is 0 Å². The number of hydrogen-bond donors (Lipinski definition) is 1. The predicted molar refractivity (Wildman–Crippen MR) is 97.7 cm³/mol. The fourth-order valence-electron chi connectivity index (χ4n) is 3.32. The number of rotatable bonds is 6.